The first-order chi connectivity index (χ1) is 25.3. The predicted molar refractivity (Wildman–Crippen MR) is 219 cm³/mol. The molecule has 6 unspecified atom stereocenters. The summed E-state index contributed by atoms with van der Waals surface area (Å²) in [7, 11) is 0. The topological polar surface area (TPSA) is 88.6 Å². The van der Waals surface area contributed by atoms with Crippen LogP contribution in [0.2, 0.25) is 0 Å². The minimum absolute atomic E-state index is 0.0234. The van der Waals surface area contributed by atoms with E-state index in [1.807, 2.05) is 0 Å². The van der Waals surface area contributed by atoms with Crippen LogP contribution >= 0.6 is 0 Å². The number of esters is 3. The summed E-state index contributed by atoms with van der Waals surface area (Å²) in [6, 6.07) is 1.78. The summed E-state index contributed by atoms with van der Waals surface area (Å²) >= 11 is 0. The largest absolute Gasteiger partial charge is 0.462 e. The Kier molecular flexibility index (Phi) is 18.3. The van der Waals surface area contributed by atoms with E-state index in [0.29, 0.717) is 47.6 Å². The van der Waals surface area contributed by atoms with Crippen molar-refractivity contribution in [3.8, 4) is 0 Å². The second-order valence-corrected chi connectivity index (χ2v) is 19.1. The molecule has 3 aliphatic heterocycles. The van der Waals surface area contributed by atoms with E-state index in [1.165, 1.54) is 0 Å². The number of hydrogen-bond donors (Lipinski definition) is 0. The normalized spacial score (nSPS) is 31.2. The number of ether oxygens (including phenoxy) is 3. The first kappa shape index (κ1) is 46.7. The fourth-order valence-electron chi connectivity index (χ4n) is 10.4. The molecule has 0 bridgehead atoms. The van der Waals surface area contributed by atoms with E-state index in [4.69, 9.17) is 14.2 Å². The van der Waals surface area contributed by atoms with E-state index in [-0.39, 0.29) is 61.3 Å². The third kappa shape index (κ3) is 11.9. The molecule has 3 rings (SSSR count). The van der Waals surface area contributed by atoms with Gasteiger partial charge in [0.2, 0.25) is 0 Å². The molecule has 0 amide bonds. The lowest BCUT2D eigenvalue weighted by Gasteiger charge is -2.48. The van der Waals surface area contributed by atoms with Crippen LogP contribution in [-0.2, 0) is 28.6 Å². The number of piperidine rings is 3. The van der Waals surface area contributed by atoms with Crippen LogP contribution in [0, 0.1) is 41.4 Å². The Bertz CT molecular complexity index is 1060. The van der Waals surface area contributed by atoms with Gasteiger partial charge in [0.05, 0.1) is 0 Å². The van der Waals surface area contributed by atoms with Crippen LogP contribution in [0.3, 0.4) is 0 Å². The lowest BCUT2D eigenvalue weighted by molar-refractivity contribution is -0.175. The molecule has 3 saturated heterocycles. The number of nitrogens with zero attached hydrogens (tertiary/aromatic N) is 3. The Hall–Kier alpha value is -1.71. The van der Waals surface area contributed by atoms with Gasteiger partial charge >= 0.3 is 17.9 Å². The van der Waals surface area contributed by atoms with Crippen LogP contribution in [0.5, 0.6) is 0 Å². The molecular weight excluding hydrogens is 679 g/mol. The van der Waals surface area contributed by atoms with Crippen molar-refractivity contribution in [1.82, 2.24) is 14.7 Å². The fraction of sp³-hybridized carbons (Fsp3) is 0.933. The molecule has 0 aromatic carbocycles. The first-order valence-electron chi connectivity index (χ1n) is 22.2. The van der Waals surface area contributed by atoms with E-state index >= 15 is 0 Å². The lowest BCUT2D eigenvalue weighted by Crippen LogP contribution is -2.56. The van der Waals surface area contributed by atoms with E-state index in [9.17, 15) is 14.4 Å². The van der Waals surface area contributed by atoms with Gasteiger partial charge in [-0.25, -0.2) is 0 Å². The summed E-state index contributed by atoms with van der Waals surface area (Å²) in [6.45, 7) is 36.3. The summed E-state index contributed by atoms with van der Waals surface area (Å²) in [5.74, 6) is -0.185. The molecule has 3 aliphatic rings. The van der Waals surface area contributed by atoms with Gasteiger partial charge in [-0.1, -0.05) is 104 Å². The van der Waals surface area contributed by atoms with Crippen LogP contribution in [0.1, 0.15) is 155 Å². The summed E-state index contributed by atoms with van der Waals surface area (Å²) in [5.41, 5.74) is 0. The van der Waals surface area contributed by atoms with Gasteiger partial charge in [-0.3, -0.25) is 29.1 Å². The van der Waals surface area contributed by atoms with Crippen molar-refractivity contribution in [1.29, 1.82) is 0 Å². The van der Waals surface area contributed by atoms with Crippen LogP contribution in [0.15, 0.2) is 0 Å². The summed E-state index contributed by atoms with van der Waals surface area (Å²) < 4.78 is 18.8. The molecule has 0 aromatic heterocycles. The Morgan fingerprint density at radius 2 is 0.685 bits per heavy atom. The van der Waals surface area contributed by atoms with Crippen LogP contribution in [0.4, 0.5) is 0 Å². The Balaban J connectivity index is 1.83. The highest BCUT2D eigenvalue weighted by Crippen LogP contribution is 2.37. The fourth-order valence-corrected chi connectivity index (χ4v) is 10.4. The van der Waals surface area contributed by atoms with Crippen molar-refractivity contribution in [2.75, 3.05) is 19.6 Å². The number of carbonyl (C=O) groups excluding carboxylic acids is 3. The minimum Gasteiger partial charge on any atom is -0.462 e. The number of hydrogen-bond acceptors (Lipinski definition) is 9. The van der Waals surface area contributed by atoms with Crippen molar-refractivity contribution >= 4 is 17.9 Å². The average Bonchev–Trinajstić information content (AvgIpc) is 3.10. The molecule has 0 spiro atoms. The molecular formula is C45H83N3O6. The molecule has 314 valence electrons. The van der Waals surface area contributed by atoms with E-state index in [0.717, 1.165) is 58.2 Å². The molecule has 0 aromatic rings. The van der Waals surface area contributed by atoms with Crippen molar-refractivity contribution in [2.45, 2.75) is 210 Å². The Morgan fingerprint density at radius 1 is 0.444 bits per heavy atom. The average molecular weight is 762 g/mol. The van der Waals surface area contributed by atoms with Crippen LogP contribution < -0.4 is 0 Å². The SMILES string of the molecule is CCN1C(C(C)C)CC(OC(=O)CCC(C(=O)OC2CC(C(C)C)N(CC)C(C(C)C)C2)C(=O)OC2CC(C(C)C)N(CC)C(C(C)C)C2)CC1C(C)C. The Labute approximate surface area is 331 Å². The molecule has 0 saturated carbocycles. The highest BCUT2D eigenvalue weighted by atomic mass is 16.6. The Morgan fingerprint density at radius 3 is 0.907 bits per heavy atom. The molecule has 9 nitrogen and oxygen atoms in total. The zero-order chi connectivity index (χ0) is 40.6. The quantitative estimate of drug-likeness (QED) is 0.0822. The second kappa shape index (κ2) is 21.2. The maximum absolute atomic E-state index is 14.2. The summed E-state index contributed by atoms with van der Waals surface area (Å²) in [6.07, 6.45) is 3.73. The second-order valence-electron chi connectivity index (χ2n) is 19.1. The third-order valence-corrected chi connectivity index (χ3v) is 13.4. The summed E-state index contributed by atoms with van der Waals surface area (Å²) in [4.78, 5) is 49.8. The lowest BCUT2D eigenvalue weighted by atomic mass is 9.82. The highest BCUT2D eigenvalue weighted by molar-refractivity contribution is 5.95. The number of likely N-dealkylation sites (tertiary alicyclic amines) is 3. The van der Waals surface area contributed by atoms with E-state index < -0.39 is 17.9 Å². The summed E-state index contributed by atoms with van der Waals surface area (Å²) in [5, 5.41) is 0. The molecule has 6 atom stereocenters. The predicted octanol–water partition coefficient (Wildman–Crippen LogP) is 8.61. The van der Waals surface area contributed by atoms with Gasteiger partial charge in [-0.05, 0) is 61.6 Å². The van der Waals surface area contributed by atoms with Crippen molar-refractivity contribution in [3.05, 3.63) is 0 Å². The van der Waals surface area contributed by atoms with Gasteiger partial charge in [-0.2, -0.15) is 0 Å². The van der Waals surface area contributed by atoms with Gasteiger partial charge in [0, 0.05) is 81.2 Å². The minimum atomic E-state index is -1.18. The van der Waals surface area contributed by atoms with Gasteiger partial charge in [0.25, 0.3) is 0 Å². The number of carbonyl (C=O) groups is 3. The smallest absolute Gasteiger partial charge is 0.320 e. The van der Waals surface area contributed by atoms with Gasteiger partial charge in [0.1, 0.15) is 18.3 Å². The molecule has 54 heavy (non-hydrogen) atoms. The maximum Gasteiger partial charge on any atom is 0.320 e. The maximum atomic E-state index is 14.2. The highest BCUT2D eigenvalue weighted by Gasteiger charge is 2.44. The van der Waals surface area contributed by atoms with Crippen LogP contribution in [-0.4, -0.2) is 107 Å². The number of rotatable bonds is 17. The molecule has 9 heteroatoms. The molecule has 3 heterocycles. The van der Waals surface area contributed by atoms with Crippen molar-refractivity contribution in [3.63, 3.8) is 0 Å². The van der Waals surface area contributed by atoms with E-state index in [2.05, 4.69) is 119 Å². The zero-order valence-electron chi connectivity index (χ0n) is 37.3. The van der Waals surface area contributed by atoms with E-state index in [1.54, 1.807) is 0 Å². The van der Waals surface area contributed by atoms with Crippen LogP contribution in [0.25, 0.3) is 0 Å². The van der Waals surface area contributed by atoms with Gasteiger partial charge in [0.15, 0.2) is 5.92 Å². The molecule has 0 radical (unpaired) electrons. The molecule has 0 N–H and O–H groups in total. The monoisotopic (exact) mass is 762 g/mol. The third-order valence-electron chi connectivity index (χ3n) is 13.4. The molecule has 0 aliphatic carbocycles. The molecule has 3 fully saturated rings. The van der Waals surface area contributed by atoms with Gasteiger partial charge in [-0.15, -0.1) is 0 Å². The standard InChI is InChI=1S/C45H83N3O6/c1-16-46-37(27(4)5)21-33(22-38(46)28(6)7)52-43(49)20-19-36(44(50)53-34-23-39(29(8)9)47(17-2)40(24-34)30(10)11)45(51)54-35-25-41(31(12)13)48(18-3)42(26-35)32(14)15/h27-42H,16-26H2,1-15H3. The van der Waals surface area contributed by atoms with Gasteiger partial charge < -0.3 is 14.2 Å². The zero-order valence-corrected chi connectivity index (χ0v) is 37.3. The van der Waals surface area contributed by atoms with Crippen molar-refractivity contribution < 1.29 is 28.6 Å². The first-order valence-corrected chi connectivity index (χ1v) is 22.2. The van der Waals surface area contributed by atoms with Crippen molar-refractivity contribution in [2.24, 2.45) is 41.4 Å².